The quantitative estimate of drug-likeness (QED) is 0.323. The average Bonchev–Trinajstić information content (AvgIpc) is 2.66. The van der Waals surface area contributed by atoms with Gasteiger partial charge >= 0.3 is 0 Å². The van der Waals surface area contributed by atoms with E-state index >= 15 is 0 Å². The Hall–Kier alpha value is -2.20. The molecule has 0 aliphatic rings. The number of benzene rings is 4. The molecule has 4 aromatic rings. The predicted octanol–water partition coefficient (Wildman–Crippen LogP) is 3.52. The highest BCUT2D eigenvalue weighted by molar-refractivity contribution is 6.59. The molecule has 0 aliphatic heterocycles. The van der Waals surface area contributed by atoms with Crippen LogP contribution in [0.1, 0.15) is 0 Å². The highest BCUT2D eigenvalue weighted by Crippen LogP contribution is 2.33. The molecule has 0 saturated carbocycles. The van der Waals surface area contributed by atoms with E-state index < -0.39 is 9.52 Å². The number of methoxy groups -OCH3 is 2. The summed E-state index contributed by atoms with van der Waals surface area (Å²) in [6.07, 6.45) is 0. The van der Waals surface area contributed by atoms with Gasteiger partial charge in [-0.25, -0.2) is 0 Å². The monoisotopic (exact) mass is 332 g/mol. The van der Waals surface area contributed by atoms with Crippen LogP contribution < -0.4 is 5.19 Å². The van der Waals surface area contributed by atoms with Gasteiger partial charge in [-0.3, -0.25) is 0 Å². The van der Waals surface area contributed by atoms with Gasteiger partial charge in [0.1, 0.15) is 15.4 Å². The molecule has 0 radical (unpaired) electrons. The van der Waals surface area contributed by atoms with Crippen molar-refractivity contribution in [2.45, 2.75) is 5.91 Å². The molecule has 0 unspecified atom stereocenters. The maximum absolute atomic E-state index is 5.49. The Morgan fingerprint density at radius 1 is 0.625 bits per heavy atom. The van der Waals surface area contributed by atoms with E-state index in [4.69, 9.17) is 9.47 Å². The third-order valence-corrected chi connectivity index (χ3v) is 6.80. The molecule has 2 nitrogen and oxygen atoms in total. The summed E-state index contributed by atoms with van der Waals surface area (Å²) < 4.78 is 11.0. The van der Waals surface area contributed by atoms with Crippen LogP contribution in [0.15, 0.2) is 66.7 Å². The van der Waals surface area contributed by atoms with Gasteiger partial charge in [0.2, 0.25) is 0 Å². The summed E-state index contributed by atoms with van der Waals surface area (Å²) in [5.74, 6) is -0.0965. The molecule has 0 fully saturated rings. The third kappa shape index (κ3) is 2.42. The molecule has 0 atom stereocenters. The fourth-order valence-corrected chi connectivity index (χ4v) is 5.19. The molecule has 0 amide bonds. The van der Waals surface area contributed by atoms with Gasteiger partial charge in [0.05, 0.1) is 0 Å². The Balaban J connectivity index is 2.13. The third-order valence-electron chi connectivity index (χ3n) is 4.77. The van der Waals surface area contributed by atoms with Crippen LogP contribution >= 0.6 is 0 Å². The molecule has 120 valence electrons. The molecule has 24 heavy (non-hydrogen) atoms. The van der Waals surface area contributed by atoms with E-state index in [0.717, 1.165) is 0 Å². The predicted molar refractivity (Wildman–Crippen MR) is 105 cm³/mol. The first-order valence-electron chi connectivity index (χ1n) is 8.20. The molecule has 0 N–H and O–H groups in total. The van der Waals surface area contributed by atoms with Gasteiger partial charge in [0.15, 0.2) is 0 Å². The van der Waals surface area contributed by atoms with E-state index in [1.165, 1.54) is 37.5 Å². The van der Waals surface area contributed by atoms with E-state index in [-0.39, 0.29) is 5.91 Å². The molecule has 0 aromatic heterocycles. The van der Waals surface area contributed by atoms with Crippen LogP contribution in [0.2, 0.25) is 0 Å². The molecule has 0 saturated heterocycles. The maximum atomic E-state index is 5.49. The Bertz CT molecular complexity index is 977. The van der Waals surface area contributed by atoms with Gasteiger partial charge in [0, 0.05) is 14.2 Å². The maximum Gasteiger partial charge on any atom is 0.139 e. The standard InChI is InChI=1S/C21H20O2Si/c1-22-21(23-2)24-19-13-7-12-18-16-9-4-3-8-14(16)15-10-5-6-11-17(15)20(18)19/h3-13,21H,24H2,1-2H3. The number of hydrogen-bond donors (Lipinski definition) is 0. The van der Waals surface area contributed by atoms with E-state index in [9.17, 15) is 0 Å². The highest BCUT2D eigenvalue weighted by atomic mass is 28.2. The zero-order valence-electron chi connectivity index (χ0n) is 14.0. The lowest BCUT2D eigenvalue weighted by atomic mass is 9.94. The van der Waals surface area contributed by atoms with E-state index in [1.807, 2.05) is 0 Å². The topological polar surface area (TPSA) is 18.5 Å². The lowest BCUT2D eigenvalue weighted by Gasteiger charge is -2.17. The molecular formula is C21H20O2Si. The summed E-state index contributed by atoms with van der Waals surface area (Å²) in [5.41, 5.74) is 0. The van der Waals surface area contributed by atoms with E-state index in [2.05, 4.69) is 66.7 Å². The molecule has 3 heteroatoms. The first kappa shape index (κ1) is 15.3. The van der Waals surface area contributed by atoms with Crippen LogP contribution in [0.3, 0.4) is 0 Å². The number of fused-ring (bicyclic) bond motifs is 6. The minimum atomic E-state index is -0.718. The summed E-state index contributed by atoms with van der Waals surface area (Å²) in [7, 11) is 2.73. The van der Waals surface area contributed by atoms with Crippen molar-refractivity contribution in [3.05, 3.63) is 66.7 Å². The van der Waals surface area contributed by atoms with Gasteiger partial charge in [0.25, 0.3) is 0 Å². The summed E-state index contributed by atoms with van der Waals surface area (Å²) in [6, 6.07) is 24.0. The van der Waals surface area contributed by atoms with Crippen molar-refractivity contribution >= 4 is 47.0 Å². The van der Waals surface area contributed by atoms with Gasteiger partial charge in [-0.1, -0.05) is 71.9 Å². The molecule has 4 aromatic carbocycles. The largest absolute Gasteiger partial charge is 0.360 e. The van der Waals surface area contributed by atoms with Gasteiger partial charge in [-0.2, -0.15) is 0 Å². The molecule has 0 heterocycles. The van der Waals surface area contributed by atoms with Crippen LogP contribution in [0.4, 0.5) is 0 Å². The van der Waals surface area contributed by atoms with Crippen LogP contribution in [0.25, 0.3) is 32.3 Å². The van der Waals surface area contributed by atoms with Crippen molar-refractivity contribution < 1.29 is 9.47 Å². The number of hydrogen-bond acceptors (Lipinski definition) is 2. The minimum absolute atomic E-state index is 0.0965. The normalized spacial score (nSPS) is 12.3. The summed E-state index contributed by atoms with van der Waals surface area (Å²) >= 11 is 0. The molecular weight excluding hydrogens is 312 g/mol. The SMILES string of the molecule is COC(OC)[SiH2]c1cccc2c3ccccc3c3ccccc3c12. The van der Waals surface area contributed by atoms with Crippen LogP contribution in [-0.2, 0) is 9.47 Å². The Kier molecular flexibility index (Phi) is 4.06. The van der Waals surface area contributed by atoms with Crippen molar-refractivity contribution in [3.63, 3.8) is 0 Å². The van der Waals surface area contributed by atoms with Gasteiger partial charge in [-0.15, -0.1) is 0 Å². The average molecular weight is 332 g/mol. The van der Waals surface area contributed by atoms with Gasteiger partial charge < -0.3 is 9.47 Å². The van der Waals surface area contributed by atoms with Crippen molar-refractivity contribution in [1.82, 2.24) is 0 Å². The van der Waals surface area contributed by atoms with Crippen LogP contribution in [0.5, 0.6) is 0 Å². The van der Waals surface area contributed by atoms with Gasteiger partial charge in [-0.05, 0) is 32.3 Å². The fraction of sp³-hybridized carbons (Fsp3) is 0.143. The fourth-order valence-electron chi connectivity index (χ4n) is 3.64. The minimum Gasteiger partial charge on any atom is -0.360 e. The summed E-state index contributed by atoms with van der Waals surface area (Å²) in [5, 5.41) is 9.33. The molecule has 0 aliphatic carbocycles. The summed E-state index contributed by atoms with van der Waals surface area (Å²) in [6.45, 7) is 0. The Labute approximate surface area is 143 Å². The Morgan fingerprint density at radius 2 is 1.08 bits per heavy atom. The second-order valence-corrected chi connectivity index (χ2v) is 7.87. The number of ether oxygens (including phenoxy) is 2. The summed E-state index contributed by atoms with van der Waals surface area (Å²) in [4.78, 5) is 0. The first-order chi connectivity index (χ1) is 11.8. The second-order valence-electron chi connectivity index (χ2n) is 6.04. The smallest absolute Gasteiger partial charge is 0.139 e. The lowest BCUT2D eigenvalue weighted by molar-refractivity contribution is -0.0429. The van der Waals surface area contributed by atoms with Crippen LogP contribution in [-0.4, -0.2) is 29.7 Å². The Morgan fingerprint density at radius 3 is 1.62 bits per heavy atom. The second kappa shape index (κ2) is 6.36. The molecule has 0 spiro atoms. The van der Waals surface area contributed by atoms with Crippen molar-refractivity contribution in [3.8, 4) is 0 Å². The van der Waals surface area contributed by atoms with E-state index in [0.29, 0.717) is 0 Å². The zero-order valence-corrected chi connectivity index (χ0v) is 15.4. The van der Waals surface area contributed by atoms with Crippen molar-refractivity contribution in [2.24, 2.45) is 0 Å². The van der Waals surface area contributed by atoms with Crippen LogP contribution in [0, 0.1) is 0 Å². The molecule has 4 rings (SSSR count). The van der Waals surface area contributed by atoms with Crippen molar-refractivity contribution in [1.29, 1.82) is 0 Å². The first-order valence-corrected chi connectivity index (χ1v) is 9.72. The zero-order chi connectivity index (χ0) is 16.5. The van der Waals surface area contributed by atoms with Crippen molar-refractivity contribution in [2.75, 3.05) is 14.2 Å². The molecule has 0 bridgehead atoms. The highest BCUT2D eigenvalue weighted by Gasteiger charge is 2.14. The van der Waals surface area contributed by atoms with E-state index in [1.54, 1.807) is 14.2 Å². The lowest BCUT2D eigenvalue weighted by Crippen LogP contribution is -2.31. The number of rotatable bonds is 4.